The number of hydrogen-bond acceptors (Lipinski definition) is 8. The first-order valence-electron chi connectivity index (χ1n) is 10.1. The molecule has 0 amide bonds. The smallest absolute Gasteiger partial charge is 0.231 e. The number of nitrogens with one attached hydrogen (secondary N) is 2. The second-order valence-electron chi connectivity index (χ2n) is 7.76. The highest BCUT2D eigenvalue weighted by atomic mass is 32.2. The summed E-state index contributed by atoms with van der Waals surface area (Å²) in [5.41, 5.74) is 2.06. The van der Waals surface area contributed by atoms with Crippen molar-refractivity contribution < 1.29 is 13.2 Å². The lowest BCUT2D eigenvalue weighted by Crippen LogP contribution is -2.44. The van der Waals surface area contributed by atoms with Gasteiger partial charge in [0.25, 0.3) is 0 Å². The van der Waals surface area contributed by atoms with Gasteiger partial charge in [0.1, 0.15) is 5.82 Å². The third kappa shape index (κ3) is 3.58. The van der Waals surface area contributed by atoms with E-state index in [1.54, 1.807) is 27.8 Å². The number of fused-ring (bicyclic) bond motifs is 1. The van der Waals surface area contributed by atoms with E-state index < -0.39 is 10.0 Å². The van der Waals surface area contributed by atoms with Crippen LogP contribution in [0, 0.1) is 0 Å². The van der Waals surface area contributed by atoms with Crippen LogP contribution in [0.5, 0.6) is 0 Å². The van der Waals surface area contributed by atoms with Crippen LogP contribution >= 0.6 is 0 Å². The summed E-state index contributed by atoms with van der Waals surface area (Å²) < 4.78 is 35.7. The number of aromatic amines is 1. The van der Waals surface area contributed by atoms with Crippen LogP contribution in [0.15, 0.2) is 30.6 Å². The summed E-state index contributed by atoms with van der Waals surface area (Å²) in [7, 11) is -1.75. The van der Waals surface area contributed by atoms with E-state index in [2.05, 4.69) is 36.9 Å². The fraction of sp³-hybridized carbons (Fsp3) is 0.368. The molecule has 1 aliphatic heterocycles. The van der Waals surface area contributed by atoms with E-state index >= 15 is 0 Å². The summed E-state index contributed by atoms with van der Waals surface area (Å²) in [5, 5.41) is 16.3. The number of aromatic nitrogens is 7. The van der Waals surface area contributed by atoms with Crippen LogP contribution in [-0.2, 0) is 21.8 Å². The number of pyridine rings is 1. The Kier molecular flexibility index (Phi) is 4.86. The quantitative estimate of drug-likeness (QED) is 0.455. The van der Waals surface area contributed by atoms with Crippen molar-refractivity contribution in [3.8, 4) is 17.1 Å². The molecule has 0 spiro atoms. The Morgan fingerprint density at radius 3 is 2.78 bits per heavy atom. The van der Waals surface area contributed by atoms with Crippen LogP contribution in [0.25, 0.3) is 28.1 Å². The van der Waals surface area contributed by atoms with Gasteiger partial charge in [-0.1, -0.05) is 0 Å². The molecule has 168 valence electrons. The lowest BCUT2D eigenvalue weighted by atomic mass is 10.1. The zero-order valence-corrected chi connectivity index (χ0v) is 18.7. The van der Waals surface area contributed by atoms with Crippen molar-refractivity contribution in [1.82, 2.24) is 34.7 Å². The van der Waals surface area contributed by atoms with Gasteiger partial charge in [0.2, 0.25) is 10.0 Å². The first kappa shape index (κ1) is 20.5. The van der Waals surface area contributed by atoms with E-state index in [-0.39, 0.29) is 11.9 Å². The summed E-state index contributed by atoms with van der Waals surface area (Å²) >= 11 is 0. The molecule has 1 atom stereocenters. The van der Waals surface area contributed by atoms with Gasteiger partial charge in [0.05, 0.1) is 42.8 Å². The normalized spacial score (nSPS) is 17.2. The van der Waals surface area contributed by atoms with Crippen molar-refractivity contribution in [1.29, 1.82) is 0 Å². The molecule has 0 radical (unpaired) electrons. The molecule has 1 fully saturated rings. The number of anilines is 2. The largest absolute Gasteiger partial charge is 0.377 e. The number of ether oxygens (including phenoxy) is 1. The van der Waals surface area contributed by atoms with Crippen LogP contribution in [0.2, 0.25) is 0 Å². The molecule has 0 aromatic carbocycles. The number of morpholine rings is 1. The SMILES string of the molecule is C[C@@H]1COCCN1c1cc(-c2ccnn2C)c2c(NS(C)(=O)=O)nn(-c3ccn[nH]3)c2n1. The number of aryl methyl sites for hydroxylation is 1. The van der Waals surface area contributed by atoms with Gasteiger partial charge in [0, 0.05) is 31.4 Å². The maximum absolute atomic E-state index is 12.1. The molecule has 13 heteroatoms. The summed E-state index contributed by atoms with van der Waals surface area (Å²) in [6.45, 7) is 3.97. The van der Waals surface area contributed by atoms with Crippen molar-refractivity contribution in [3.63, 3.8) is 0 Å². The van der Waals surface area contributed by atoms with Gasteiger partial charge in [0.15, 0.2) is 17.3 Å². The van der Waals surface area contributed by atoms with Crippen LogP contribution < -0.4 is 9.62 Å². The average molecular weight is 458 g/mol. The lowest BCUT2D eigenvalue weighted by Gasteiger charge is -2.34. The topological polar surface area (TPSA) is 136 Å². The first-order valence-corrected chi connectivity index (χ1v) is 11.9. The minimum Gasteiger partial charge on any atom is -0.377 e. The molecule has 2 N–H and O–H groups in total. The monoisotopic (exact) mass is 457 g/mol. The predicted octanol–water partition coefficient (Wildman–Crippen LogP) is 1.14. The maximum atomic E-state index is 12.1. The van der Waals surface area contributed by atoms with Gasteiger partial charge in [-0.15, -0.1) is 5.10 Å². The van der Waals surface area contributed by atoms with Gasteiger partial charge in [-0.2, -0.15) is 14.9 Å². The summed E-state index contributed by atoms with van der Waals surface area (Å²) in [6.07, 6.45) is 4.39. The van der Waals surface area contributed by atoms with E-state index in [0.29, 0.717) is 36.6 Å². The Bertz CT molecular complexity index is 1370. The molecule has 1 saturated heterocycles. The van der Waals surface area contributed by atoms with Crippen LogP contribution in [-0.4, -0.2) is 75.2 Å². The number of hydrogen-bond donors (Lipinski definition) is 2. The number of H-pyrrole nitrogens is 1. The van der Waals surface area contributed by atoms with Gasteiger partial charge < -0.3 is 9.64 Å². The average Bonchev–Trinajstić information content (AvgIpc) is 3.47. The molecule has 0 aliphatic carbocycles. The summed E-state index contributed by atoms with van der Waals surface area (Å²) in [5.74, 6) is 1.49. The number of nitrogens with zero attached hydrogens (tertiary/aromatic N) is 7. The van der Waals surface area contributed by atoms with Crippen LogP contribution in [0.4, 0.5) is 11.6 Å². The molecular formula is C19H23N9O3S. The summed E-state index contributed by atoms with van der Waals surface area (Å²) in [6, 6.07) is 5.70. The second kappa shape index (κ2) is 7.60. The Morgan fingerprint density at radius 1 is 1.28 bits per heavy atom. The van der Waals surface area contributed by atoms with Crippen molar-refractivity contribution in [2.24, 2.45) is 7.05 Å². The highest BCUT2D eigenvalue weighted by Crippen LogP contribution is 2.37. The molecule has 4 aromatic rings. The Labute approximate surface area is 184 Å². The number of sulfonamides is 1. The third-order valence-electron chi connectivity index (χ3n) is 5.38. The maximum Gasteiger partial charge on any atom is 0.231 e. The molecule has 0 saturated carbocycles. The van der Waals surface area contributed by atoms with E-state index in [1.807, 2.05) is 19.2 Å². The zero-order chi connectivity index (χ0) is 22.5. The third-order valence-corrected chi connectivity index (χ3v) is 5.94. The predicted molar refractivity (Wildman–Crippen MR) is 119 cm³/mol. The van der Waals surface area contributed by atoms with Crippen LogP contribution in [0.3, 0.4) is 0 Å². The first-order chi connectivity index (χ1) is 15.3. The Balaban J connectivity index is 1.84. The van der Waals surface area contributed by atoms with Crippen molar-refractivity contribution in [2.75, 3.05) is 35.6 Å². The molecule has 32 heavy (non-hydrogen) atoms. The van der Waals surface area contributed by atoms with Gasteiger partial charge in [-0.3, -0.25) is 14.5 Å². The van der Waals surface area contributed by atoms with Crippen LogP contribution in [0.1, 0.15) is 6.92 Å². The molecule has 12 nitrogen and oxygen atoms in total. The molecule has 5 rings (SSSR count). The van der Waals surface area contributed by atoms with Crippen molar-refractivity contribution in [3.05, 3.63) is 30.6 Å². The second-order valence-corrected chi connectivity index (χ2v) is 9.51. The standard InChI is InChI=1S/C19H23N9O3S/c1-12-11-31-9-8-27(12)16-10-13(14-4-7-21-26(14)2)17-18(25-32(3,29)30)24-28(19(17)22-16)15-5-6-20-23-15/h4-7,10,12H,8-9,11H2,1-3H3,(H,20,23)(H,24,25)/t12-/m1/s1. The molecule has 4 aromatic heterocycles. The molecule has 1 aliphatic rings. The van der Waals surface area contributed by atoms with E-state index in [4.69, 9.17) is 9.72 Å². The fourth-order valence-electron chi connectivity index (χ4n) is 3.94. The highest BCUT2D eigenvalue weighted by molar-refractivity contribution is 7.92. The highest BCUT2D eigenvalue weighted by Gasteiger charge is 2.27. The fourth-order valence-corrected chi connectivity index (χ4v) is 4.43. The van der Waals surface area contributed by atoms with Gasteiger partial charge in [-0.25, -0.2) is 13.4 Å². The lowest BCUT2D eigenvalue weighted by molar-refractivity contribution is 0.0985. The minimum atomic E-state index is -3.59. The van der Waals surface area contributed by atoms with Gasteiger partial charge in [-0.05, 0) is 19.1 Å². The van der Waals surface area contributed by atoms with Crippen molar-refractivity contribution >= 4 is 32.7 Å². The van der Waals surface area contributed by atoms with Crippen molar-refractivity contribution in [2.45, 2.75) is 13.0 Å². The van der Waals surface area contributed by atoms with E-state index in [0.717, 1.165) is 23.3 Å². The molecule has 0 unspecified atom stereocenters. The van der Waals surface area contributed by atoms with E-state index in [1.165, 1.54) is 0 Å². The molecule has 0 bridgehead atoms. The van der Waals surface area contributed by atoms with Gasteiger partial charge >= 0.3 is 0 Å². The Morgan fingerprint density at radius 2 is 2.12 bits per heavy atom. The van der Waals surface area contributed by atoms with E-state index in [9.17, 15) is 8.42 Å². The minimum absolute atomic E-state index is 0.130. The Hall–Kier alpha value is -3.45. The molecular weight excluding hydrogens is 434 g/mol. The zero-order valence-electron chi connectivity index (χ0n) is 17.8. The molecule has 5 heterocycles. The summed E-state index contributed by atoms with van der Waals surface area (Å²) in [4.78, 5) is 7.09. The number of rotatable bonds is 5.